The molecule has 0 aromatic heterocycles. The Labute approximate surface area is 289 Å². The van der Waals surface area contributed by atoms with E-state index in [1.165, 1.54) is 31.2 Å². The van der Waals surface area contributed by atoms with E-state index >= 15 is 0 Å². The second-order valence-corrected chi connectivity index (χ2v) is 12.3. The summed E-state index contributed by atoms with van der Waals surface area (Å²) in [5.41, 5.74) is 6.10. The molecule has 4 nitrogen and oxygen atoms in total. The quantitative estimate of drug-likeness (QED) is 0.132. The molecule has 1 aliphatic heterocycles. The van der Waals surface area contributed by atoms with Gasteiger partial charge in [-0.1, -0.05) is 110 Å². The molecule has 2 aliphatic rings. The van der Waals surface area contributed by atoms with Gasteiger partial charge in [0.25, 0.3) is 0 Å². The number of esters is 1. The Kier molecular flexibility index (Phi) is 9.12. The Hall–Kier alpha value is -4.43. The van der Waals surface area contributed by atoms with Crippen molar-refractivity contribution >= 4 is 27.5 Å². The third-order valence-electron chi connectivity index (χ3n) is 9.43. The Morgan fingerprint density at radius 2 is 1.13 bits per heavy atom. The largest absolute Gasteiger partial charge is 0.489 e. The van der Waals surface area contributed by atoms with Gasteiger partial charge in [0.05, 0.1) is 5.56 Å². The fraction of sp³-hybridized carbons (Fsp3) is 0.190. The number of hydrogen-bond acceptors (Lipinski definition) is 4. The van der Waals surface area contributed by atoms with Gasteiger partial charge in [0.2, 0.25) is 0 Å². The molecule has 1 saturated carbocycles. The van der Waals surface area contributed by atoms with E-state index in [1.807, 2.05) is 60.7 Å². The van der Waals surface area contributed by atoms with Gasteiger partial charge < -0.3 is 20.6 Å². The van der Waals surface area contributed by atoms with Gasteiger partial charge >= 0.3 is 5.97 Å². The fourth-order valence-electron chi connectivity index (χ4n) is 6.97. The van der Waals surface area contributed by atoms with Crippen LogP contribution in [0.25, 0.3) is 43.8 Å². The van der Waals surface area contributed by atoms with E-state index in [-0.39, 0.29) is 33.6 Å². The summed E-state index contributed by atoms with van der Waals surface area (Å²) in [6, 6.07) is 41.3. The smallest absolute Gasteiger partial charge is 0.338 e. The first-order chi connectivity index (χ1) is 22.7. The maximum absolute atomic E-state index is 13.4. The number of fused-ring (bicyclic) bond motifs is 7. The standard InChI is InChI=1S/C42H35O4.Re/c43-42(34-20-18-31(19-21-34)30-16-14-29(15-17-30)28-8-2-1-3-9-28)46-35-26-44-38-24-22-32-10-4-6-12-36(32)40(38)41-37-13-7-5-11-33(37)23-25-39(41)45-27-35;/h1,4-7,10-25,28,35H,2-3,8-9,26-27H2;/q-1;. The number of hydrogen-bond donors (Lipinski definition) is 0. The van der Waals surface area contributed by atoms with Crippen molar-refractivity contribution in [3.63, 3.8) is 0 Å². The number of rotatable bonds is 4. The van der Waals surface area contributed by atoms with Gasteiger partial charge in [0, 0.05) is 31.5 Å². The number of carbonyl (C=O) groups excluding carboxylic acids is 1. The zero-order valence-electron chi connectivity index (χ0n) is 26.0. The van der Waals surface area contributed by atoms with E-state index in [0.29, 0.717) is 11.5 Å². The summed E-state index contributed by atoms with van der Waals surface area (Å²) in [7, 11) is 0. The summed E-state index contributed by atoms with van der Waals surface area (Å²) in [6.07, 6.45) is 6.68. The fourth-order valence-corrected chi connectivity index (χ4v) is 6.97. The SMILES string of the molecule is O=C(OC1COc2ccc3ccccc3c2-c2c(ccc3ccccc23)OC1)c1ccc(-c2ccc(C3CC[CH-]CC3)cc2)cc1.[Re]. The minimum absolute atomic E-state index is 0. The second kappa shape index (κ2) is 13.7. The van der Waals surface area contributed by atoms with Gasteiger partial charge in [-0.15, -0.1) is 0 Å². The summed E-state index contributed by atoms with van der Waals surface area (Å²) < 4.78 is 18.9. The summed E-state index contributed by atoms with van der Waals surface area (Å²) in [6.45, 7) is 0.346. The molecule has 0 atom stereocenters. The van der Waals surface area contributed by atoms with Crippen molar-refractivity contribution < 1.29 is 39.4 Å². The van der Waals surface area contributed by atoms with Crippen molar-refractivity contribution in [2.24, 2.45) is 0 Å². The number of benzene rings is 6. The summed E-state index contributed by atoms with van der Waals surface area (Å²) in [4.78, 5) is 13.4. The molecule has 0 bridgehead atoms. The zero-order chi connectivity index (χ0) is 30.9. The molecule has 0 N–H and O–H groups in total. The van der Waals surface area contributed by atoms with Crippen molar-refractivity contribution in [1.29, 1.82) is 0 Å². The van der Waals surface area contributed by atoms with Gasteiger partial charge in [0.1, 0.15) is 24.7 Å². The second-order valence-electron chi connectivity index (χ2n) is 12.3. The third-order valence-corrected chi connectivity index (χ3v) is 9.43. The molecule has 6 aromatic rings. The molecule has 1 fully saturated rings. The van der Waals surface area contributed by atoms with Crippen molar-refractivity contribution in [1.82, 2.24) is 0 Å². The number of carbonyl (C=O) groups is 1. The van der Waals surface area contributed by atoms with Crippen molar-refractivity contribution in [3.8, 4) is 33.8 Å². The van der Waals surface area contributed by atoms with Crippen LogP contribution in [-0.4, -0.2) is 25.3 Å². The molecule has 6 aromatic carbocycles. The van der Waals surface area contributed by atoms with Crippen LogP contribution in [0.4, 0.5) is 0 Å². The third kappa shape index (κ3) is 6.31. The van der Waals surface area contributed by atoms with Crippen LogP contribution in [-0.2, 0) is 25.2 Å². The Balaban J connectivity index is 0.00000351. The minimum Gasteiger partial charge on any atom is -0.489 e. The molecule has 47 heavy (non-hydrogen) atoms. The van der Waals surface area contributed by atoms with Crippen molar-refractivity contribution in [2.45, 2.75) is 37.7 Å². The topological polar surface area (TPSA) is 44.8 Å². The van der Waals surface area contributed by atoms with E-state index in [4.69, 9.17) is 14.2 Å². The van der Waals surface area contributed by atoms with Crippen LogP contribution in [0.1, 0.15) is 47.5 Å². The van der Waals surface area contributed by atoms with Gasteiger partial charge in [-0.25, -0.2) is 4.79 Å². The average molecular weight is 790 g/mol. The van der Waals surface area contributed by atoms with Crippen LogP contribution in [0.5, 0.6) is 11.5 Å². The zero-order valence-corrected chi connectivity index (χ0v) is 28.7. The van der Waals surface area contributed by atoms with Crippen LogP contribution in [0.3, 0.4) is 0 Å². The molecule has 1 heterocycles. The normalized spacial score (nSPS) is 15.1. The van der Waals surface area contributed by atoms with Gasteiger partial charge in [-0.2, -0.15) is 12.8 Å². The molecule has 0 amide bonds. The van der Waals surface area contributed by atoms with E-state index in [9.17, 15) is 4.79 Å². The maximum Gasteiger partial charge on any atom is 0.338 e. The first-order valence-corrected chi connectivity index (χ1v) is 16.2. The van der Waals surface area contributed by atoms with Crippen molar-refractivity contribution in [3.05, 3.63) is 139 Å². The van der Waals surface area contributed by atoms with Crippen LogP contribution in [0.15, 0.2) is 121 Å². The molecule has 1 aliphatic carbocycles. The summed E-state index contributed by atoms with van der Waals surface area (Å²) >= 11 is 0. The minimum atomic E-state index is -0.603. The molecule has 1 radical (unpaired) electrons. The molecule has 0 saturated heterocycles. The van der Waals surface area contributed by atoms with Crippen LogP contribution < -0.4 is 9.47 Å². The van der Waals surface area contributed by atoms with E-state index in [2.05, 4.69) is 67.1 Å². The van der Waals surface area contributed by atoms with E-state index in [1.54, 1.807) is 0 Å². The van der Waals surface area contributed by atoms with Gasteiger partial charge in [-0.3, -0.25) is 0 Å². The molecule has 235 valence electrons. The van der Waals surface area contributed by atoms with Gasteiger partial charge in [-0.05, 0) is 68.4 Å². The Morgan fingerprint density at radius 3 is 1.68 bits per heavy atom. The van der Waals surface area contributed by atoms with Crippen LogP contribution >= 0.6 is 0 Å². The predicted molar refractivity (Wildman–Crippen MR) is 184 cm³/mol. The van der Waals surface area contributed by atoms with E-state index < -0.39 is 12.1 Å². The average Bonchev–Trinajstić information content (AvgIpc) is 3.20. The molecule has 8 rings (SSSR count). The monoisotopic (exact) mass is 790 g/mol. The summed E-state index contributed by atoms with van der Waals surface area (Å²) in [5, 5.41) is 4.40. The van der Waals surface area contributed by atoms with Crippen molar-refractivity contribution in [2.75, 3.05) is 13.2 Å². The Morgan fingerprint density at radius 1 is 0.617 bits per heavy atom. The first kappa shape index (κ1) is 31.2. The molecule has 0 unspecified atom stereocenters. The Bertz CT molecular complexity index is 1940. The first-order valence-electron chi connectivity index (χ1n) is 16.2. The summed E-state index contributed by atoms with van der Waals surface area (Å²) in [5.74, 6) is 1.73. The van der Waals surface area contributed by atoms with Crippen LogP contribution in [0, 0.1) is 6.42 Å². The molecular formula is C42H35O4Re-. The molecular weight excluding hydrogens is 755 g/mol. The maximum atomic E-state index is 13.4. The number of ether oxygens (including phenoxy) is 3. The molecule has 5 heteroatoms. The van der Waals surface area contributed by atoms with Crippen LogP contribution in [0.2, 0.25) is 0 Å². The predicted octanol–water partition coefficient (Wildman–Crippen LogP) is 10.2. The molecule has 0 spiro atoms. The van der Waals surface area contributed by atoms with E-state index in [0.717, 1.165) is 55.3 Å². The van der Waals surface area contributed by atoms with Gasteiger partial charge in [0.15, 0.2) is 6.10 Å².